The molecule has 20 heavy (non-hydrogen) atoms. The monoisotopic (exact) mass is 293 g/mol. The minimum Gasteiger partial charge on any atom is -0.306 e. The summed E-state index contributed by atoms with van der Waals surface area (Å²) >= 11 is 6.14. The van der Waals surface area contributed by atoms with Crippen LogP contribution >= 0.6 is 11.6 Å². The van der Waals surface area contributed by atoms with E-state index in [1.54, 1.807) is 17.1 Å². The Balaban J connectivity index is 2.18. The van der Waals surface area contributed by atoms with Gasteiger partial charge >= 0.3 is 0 Å². The molecule has 0 saturated carbocycles. The molecule has 6 heteroatoms. The van der Waals surface area contributed by atoms with Crippen molar-refractivity contribution in [2.75, 3.05) is 0 Å². The summed E-state index contributed by atoms with van der Waals surface area (Å²) in [5.74, 6) is 0.678. The molecule has 5 nitrogen and oxygen atoms in total. The lowest BCUT2D eigenvalue weighted by molar-refractivity contribution is 0.421. The summed E-state index contributed by atoms with van der Waals surface area (Å²) < 4.78 is 1.71. The standard InChI is InChI=1S/C14H20ClN5/c1-9-13(15)10(2)20(19-9)12-8-16-11(6-17-12)7-18-14(3,4)5/h6,8,18H,7H2,1-5H3. The van der Waals surface area contributed by atoms with Crippen molar-refractivity contribution in [3.05, 3.63) is 34.5 Å². The van der Waals surface area contributed by atoms with Gasteiger partial charge in [-0.05, 0) is 34.6 Å². The number of halogens is 1. The van der Waals surface area contributed by atoms with Crippen LogP contribution < -0.4 is 5.32 Å². The maximum absolute atomic E-state index is 6.14. The molecule has 0 amide bonds. The first kappa shape index (κ1) is 14.9. The smallest absolute Gasteiger partial charge is 0.172 e. The molecule has 0 bridgehead atoms. The fraction of sp³-hybridized carbons (Fsp3) is 0.500. The first-order chi connectivity index (χ1) is 9.28. The van der Waals surface area contributed by atoms with E-state index in [1.165, 1.54) is 0 Å². The number of aromatic nitrogens is 4. The average molecular weight is 294 g/mol. The summed E-state index contributed by atoms with van der Waals surface area (Å²) in [6.45, 7) is 10.8. The summed E-state index contributed by atoms with van der Waals surface area (Å²) in [5.41, 5.74) is 2.63. The Kier molecular flexibility index (Phi) is 4.11. The van der Waals surface area contributed by atoms with Gasteiger partial charge in [0.05, 0.1) is 34.5 Å². The molecule has 2 heterocycles. The molecule has 0 aliphatic carbocycles. The lowest BCUT2D eigenvalue weighted by Crippen LogP contribution is -2.35. The number of nitrogens with one attached hydrogen (secondary N) is 1. The van der Waals surface area contributed by atoms with E-state index >= 15 is 0 Å². The molecule has 0 aliphatic heterocycles. The van der Waals surface area contributed by atoms with Crippen molar-refractivity contribution in [3.8, 4) is 5.82 Å². The number of hydrogen-bond donors (Lipinski definition) is 1. The summed E-state index contributed by atoms with van der Waals surface area (Å²) in [6, 6.07) is 0. The normalized spacial score (nSPS) is 11.9. The van der Waals surface area contributed by atoms with Crippen LogP contribution in [0.4, 0.5) is 0 Å². The van der Waals surface area contributed by atoms with E-state index in [4.69, 9.17) is 11.6 Å². The fourth-order valence-corrected chi connectivity index (χ4v) is 1.87. The van der Waals surface area contributed by atoms with Crippen LogP contribution in [-0.2, 0) is 6.54 Å². The summed E-state index contributed by atoms with van der Waals surface area (Å²) in [7, 11) is 0. The van der Waals surface area contributed by atoms with E-state index in [2.05, 4.69) is 41.2 Å². The maximum atomic E-state index is 6.14. The highest BCUT2D eigenvalue weighted by atomic mass is 35.5. The number of hydrogen-bond acceptors (Lipinski definition) is 4. The molecule has 2 aromatic rings. The van der Waals surface area contributed by atoms with Crippen molar-refractivity contribution >= 4 is 11.6 Å². The molecule has 0 radical (unpaired) electrons. The molecule has 0 atom stereocenters. The SMILES string of the molecule is Cc1nn(-c2cnc(CNC(C)(C)C)cn2)c(C)c1Cl. The first-order valence-electron chi connectivity index (χ1n) is 6.56. The lowest BCUT2D eigenvalue weighted by Gasteiger charge is -2.19. The zero-order valence-corrected chi connectivity index (χ0v) is 13.3. The van der Waals surface area contributed by atoms with Gasteiger partial charge in [-0.2, -0.15) is 5.10 Å². The Labute approximate surface area is 124 Å². The Hall–Kier alpha value is -1.46. The van der Waals surface area contributed by atoms with Crippen LogP contribution in [0.5, 0.6) is 0 Å². The number of aryl methyl sites for hydroxylation is 1. The third-order valence-electron chi connectivity index (χ3n) is 2.91. The topological polar surface area (TPSA) is 55.6 Å². The van der Waals surface area contributed by atoms with Crippen LogP contribution in [0.25, 0.3) is 5.82 Å². The quantitative estimate of drug-likeness (QED) is 0.945. The van der Waals surface area contributed by atoms with Crippen LogP contribution in [0.3, 0.4) is 0 Å². The van der Waals surface area contributed by atoms with Gasteiger partial charge < -0.3 is 5.32 Å². The number of rotatable bonds is 3. The zero-order chi connectivity index (χ0) is 14.9. The van der Waals surface area contributed by atoms with Crippen LogP contribution in [0.1, 0.15) is 37.9 Å². The Morgan fingerprint density at radius 2 is 1.90 bits per heavy atom. The molecule has 0 aromatic carbocycles. The van der Waals surface area contributed by atoms with E-state index < -0.39 is 0 Å². The second-order valence-electron chi connectivity index (χ2n) is 5.87. The molecule has 108 valence electrons. The summed E-state index contributed by atoms with van der Waals surface area (Å²) in [4.78, 5) is 8.81. The Bertz CT molecular complexity index is 595. The molecule has 1 N–H and O–H groups in total. The van der Waals surface area contributed by atoms with Crippen molar-refractivity contribution in [1.29, 1.82) is 0 Å². The second-order valence-corrected chi connectivity index (χ2v) is 6.24. The van der Waals surface area contributed by atoms with Crippen molar-refractivity contribution < 1.29 is 0 Å². The minimum absolute atomic E-state index is 0.0591. The Morgan fingerprint density at radius 1 is 1.20 bits per heavy atom. The maximum Gasteiger partial charge on any atom is 0.172 e. The van der Waals surface area contributed by atoms with Gasteiger partial charge in [-0.1, -0.05) is 11.6 Å². The summed E-state index contributed by atoms with van der Waals surface area (Å²) in [5, 5.41) is 8.41. The highest BCUT2D eigenvalue weighted by Crippen LogP contribution is 2.21. The molecule has 0 aliphatic rings. The van der Waals surface area contributed by atoms with E-state index in [0.29, 0.717) is 17.4 Å². The van der Waals surface area contributed by atoms with E-state index in [1.807, 2.05) is 13.8 Å². The second kappa shape index (κ2) is 5.50. The highest BCUT2D eigenvalue weighted by molar-refractivity contribution is 6.31. The minimum atomic E-state index is 0.0591. The third-order valence-corrected chi connectivity index (χ3v) is 3.46. The van der Waals surface area contributed by atoms with Crippen LogP contribution in [0, 0.1) is 13.8 Å². The molecule has 0 fully saturated rings. The summed E-state index contributed by atoms with van der Waals surface area (Å²) in [6.07, 6.45) is 3.48. The van der Waals surface area contributed by atoms with Crippen LogP contribution in [0.2, 0.25) is 5.02 Å². The van der Waals surface area contributed by atoms with Crippen LogP contribution in [0.15, 0.2) is 12.4 Å². The first-order valence-corrected chi connectivity index (χ1v) is 6.94. The molecule has 2 aromatic heterocycles. The van der Waals surface area contributed by atoms with Gasteiger partial charge in [-0.25, -0.2) is 9.67 Å². The van der Waals surface area contributed by atoms with Gasteiger partial charge in [0.1, 0.15) is 0 Å². The van der Waals surface area contributed by atoms with Crippen LogP contribution in [-0.4, -0.2) is 25.3 Å². The predicted octanol–water partition coefficient (Wildman–Crippen LogP) is 2.82. The average Bonchev–Trinajstić information content (AvgIpc) is 2.64. The Morgan fingerprint density at radius 3 is 2.35 bits per heavy atom. The fourth-order valence-electron chi connectivity index (χ4n) is 1.75. The predicted molar refractivity (Wildman–Crippen MR) is 80.2 cm³/mol. The van der Waals surface area contributed by atoms with Gasteiger partial charge in [0.2, 0.25) is 0 Å². The van der Waals surface area contributed by atoms with E-state index in [-0.39, 0.29) is 5.54 Å². The lowest BCUT2D eigenvalue weighted by atomic mass is 10.1. The number of nitrogens with zero attached hydrogens (tertiary/aromatic N) is 4. The molecular weight excluding hydrogens is 274 g/mol. The van der Waals surface area contributed by atoms with Crippen molar-refractivity contribution in [2.45, 2.75) is 46.7 Å². The van der Waals surface area contributed by atoms with Gasteiger partial charge in [0.15, 0.2) is 5.82 Å². The largest absolute Gasteiger partial charge is 0.306 e. The molecule has 0 saturated heterocycles. The van der Waals surface area contributed by atoms with Gasteiger partial charge in [0.25, 0.3) is 0 Å². The van der Waals surface area contributed by atoms with Crippen molar-refractivity contribution in [2.24, 2.45) is 0 Å². The zero-order valence-electron chi connectivity index (χ0n) is 12.5. The van der Waals surface area contributed by atoms with Gasteiger partial charge in [0, 0.05) is 12.1 Å². The van der Waals surface area contributed by atoms with Gasteiger partial charge in [-0.3, -0.25) is 4.98 Å². The molecule has 2 rings (SSSR count). The van der Waals surface area contributed by atoms with Gasteiger partial charge in [-0.15, -0.1) is 0 Å². The van der Waals surface area contributed by atoms with E-state index in [0.717, 1.165) is 17.1 Å². The molecular formula is C14H20ClN5. The third kappa shape index (κ3) is 3.35. The molecule has 0 unspecified atom stereocenters. The van der Waals surface area contributed by atoms with Crippen molar-refractivity contribution in [3.63, 3.8) is 0 Å². The van der Waals surface area contributed by atoms with Crippen molar-refractivity contribution in [1.82, 2.24) is 25.1 Å². The molecule has 0 spiro atoms. The van der Waals surface area contributed by atoms with E-state index in [9.17, 15) is 0 Å². The highest BCUT2D eigenvalue weighted by Gasteiger charge is 2.12.